The van der Waals surface area contributed by atoms with Gasteiger partial charge in [0.25, 0.3) is 0 Å². The van der Waals surface area contributed by atoms with Crippen LogP contribution in [-0.4, -0.2) is 12.6 Å². The van der Waals surface area contributed by atoms with Gasteiger partial charge in [-0.15, -0.1) is 11.3 Å². The van der Waals surface area contributed by atoms with Crippen molar-refractivity contribution >= 4 is 11.3 Å². The highest BCUT2D eigenvalue weighted by Crippen LogP contribution is 2.19. The van der Waals surface area contributed by atoms with E-state index < -0.39 is 0 Å². The van der Waals surface area contributed by atoms with Gasteiger partial charge in [-0.3, -0.25) is 0 Å². The summed E-state index contributed by atoms with van der Waals surface area (Å²) in [5, 5.41) is 5.66. The van der Waals surface area contributed by atoms with E-state index in [0.717, 1.165) is 25.6 Å². The van der Waals surface area contributed by atoms with Crippen LogP contribution in [0.3, 0.4) is 0 Å². The monoisotopic (exact) mass is 287 g/mol. The molecular weight excluding hydrogens is 266 g/mol. The molecule has 1 aliphatic carbocycles. The van der Waals surface area contributed by atoms with Crippen LogP contribution in [0.25, 0.3) is 0 Å². The zero-order valence-electron chi connectivity index (χ0n) is 11.7. The van der Waals surface area contributed by atoms with Gasteiger partial charge in [0.15, 0.2) is 0 Å². The number of thiophene rings is 1. The lowest BCUT2D eigenvalue weighted by Crippen LogP contribution is -2.15. The first-order chi connectivity index (χ1) is 9.90. The van der Waals surface area contributed by atoms with Gasteiger partial charge in [0.05, 0.1) is 13.2 Å². The van der Waals surface area contributed by atoms with Crippen molar-refractivity contribution in [3.05, 3.63) is 57.8 Å². The van der Waals surface area contributed by atoms with E-state index in [0.29, 0.717) is 6.61 Å². The molecule has 0 unspecified atom stereocenters. The van der Waals surface area contributed by atoms with E-state index in [2.05, 4.69) is 47.1 Å². The van der Waals surface area contributed by atoms with Crippen LogP contribution in [0, 0.1) is 0 Å². The summed E-state index contributed by atoms with van der Waals surface area (Å²) >= 11 is 1.80. The summed E-state index contributed by atoms with van der Waals surface area (Å²) in [5.41, 5.74) is 2.63. The summed E-state index contributed by atoms with van der Waals surface area (Å²) in [6, 6.07) is 13.7. The summed E-state index contributed by atoms with van der Waals surface area (Å²) in [6.07, 6.45) is 3.69. The minimum absolute atomic E-state index is 0.711. The fourth-order valence-corrected chi connectivity index (χ4v) is 2.89. The first-order valence-corrected chi connectivity index (χ1v) is 8.19. The summed E-state index contributed by atoms with van der Waals surface area (Å²) in [5.74, 6) is 0. The molecule has 1 aliphatic rings. The molecule has 20 heavy (non-hydrogen) atoms. The molecule has 1 fully saturated rings. The molecule has 3 rings (SSSR count). The van der Waals surface area contributed by atoms with Crippen LogP contribution in [0.5, 0.6) is 0 Å². The smallest absolute Gasteiger partial charge is 0.0717 e. The second kappa shape index (κ2) is 7.02. The maximum absolute atomic E-state index is 5.77. The van der Waals surface area contributed by atoms with E-state index in [9.17, 15) is 0 Å². The molecule has 0 atom stereocenters. The van der Waals surface area contributed by atoms with E-state index in [1.54, 1.807) is 11.3 Å². The molecule has 0 saturated heterocycles. The second-order valence-electron chi connectivity index (χ2n) is 5.36. The predicted octanol–water partition coefficient (Wildman–Crippen LogP) is 3.76. The Labute approximate surface area is 124 Å². The Morgan fingerprint density at radius 3 is 2.85 bits per heavy atom. The average Bonchev–Trinajstić information content (AvgIpc) is 3.17. The molecular formula is C17H21NOS. The SMILES string of the molecule is c1cc(CNC2CC2)cc(COCCc2cccs2)c1. The quantitative estimate of drug-likeness (QED) is 0.746. The van der Waals surface area contributed by atoms with Crippen LogP contribution in [0.4, 0.5) is 0 Å². The third-order valence-corrected chi connectivity index (χ3v) is 4.44. The maximum atomic E-state index is 5.77. The van der Waals surface area contributed by atoms with Crippen LogP contribution < -0.4 is 5.32 Å². The minimum Gasteiger partial charge on any atom is -0.376 e. The van der Waals surface area contributed by atoms with Crippen LogP contribution in [0.2, 0.25) is 0 Å². The topological polar surface area (TPSA) is 21.3 Å². The van der Waals surface area contributed by atoms with Crippen LogP contribution in [-0.2, 0) is 24.3 Å². The van der Waals surface area contributed by atoms with Crippen molar-refractivity contribution in [3.63, 3.8) is 0 Å². The molecule has 0 bridgehead atoms. The van der Waals surface area contributed by atoms with Gasteiger partial charge in [0.2, 0.25) is 0 Å². The van der Waals surface area contributed by atoms with Crippen molar-refractivity contribution in [1.82, 2.24) is 5.32 Å². The van der Waals surface area contributed by atoms with Gasteiger partial charge < -0.3 is 10.1 Å². The lowest BCUT2D eigenvalue weighted by atomic mass is 10.1. The third kappa shape index (κ3) is 4.44. The Balaban J connectivity index is 1.40. The minimum atomic E-state index is 0.711. The van der Waals surface area contributed by atoms with Crippen molar-refractivity contribution in [2.24, 2.45) is 0 Å². The van der Waals surface area contributed by atoms with Crippen molar-refractivity contribution in [2.75, 3.05) is 6.61 Å². The standard InChI is InChI=1S/C17H21NOS/c1-3-14(12-18-16-6-7-16)11-15(4-1)13-19-9-8-17-5-2-10-20-17/h1-5,10-11,16,18H,6-9,12-13H2. The highest BCUT2D eigenvalue weighted by atomic mass is 32.1. The molecule has 2 nitrogen and oxygen atoms in total. The highest BCUT2D eigenvalue weighted by Gasteiger charge is 2.19. The Hall–Kier alpha value is -1.16. The Kier molecular flexibility index (Phi) is 4.85. The number of nitrogens with one attached hydrogen (secondary N) is 1. The molecule has 0 radical (unpaired) electrons. The number of hydrogen-bond acceptors (Lipinski definition) is 3. The van der Waals surface area contributed by atoms with Gasteiger partial charge in [-0.05, 0) is 35.4 Å². The molecule has 0 aliphatic heterocycles. The fourth-order valence-electron chi connectivity index (χ4n) is 2.20. The van der Waals surface area contributed by atoms with Crippen LogP contribution >= 0.6 is 11.3 Å². The van der Waals surface area contributed by atoms with E-state index in [4.69, 9.17) is 4.74 Å². The van der Waals surface area contributed by atoms with Crippen molar-refractivity contribution < 1.29 is 4.74 Å². The maximum Gasteiger partial charge on any atom is 0.0717 e. The molecule has 0 amide bonds. The van der Waals surface area contributed by atoms with Gasteiger partial charge in [-0.1, -0.05) is 30.3 Å². The van der Waals surface area contributed by atoms with E-state index in [1.807, 2.05) is 0 Å². The summed E-state index contributed by atoms with van der Waals surface area (Å²) in [4.78, 5) is 1.40. The molecule has 1 aromatic carbocycles. The second-order valence-corrected chi connectivity index (χ2v) is 6.39. The number of benzene rings is 1. The van der Waals surface area contributed by atoms with Crippen molar-refractivity contribution in [2.45, 2.75) is 38.5 Å². The number of rotatable bonds is 8. The average molecular weight is 287 g/mol. The van der Waals surface area contributed by atoms with Crippen molar-refractivity contribution in [3.8, 4) is 0 Å². The van der Waals surface area contributed by atoms with Crippen LogP contribution in [0.1, 0.15) is 28.8 Å². The van der Waals surface area contributed by atoms with E-state index >= 15 is 0 Å². The predicted molar refractivity (Wildman–Crippen MR) is 84.0 cm³/mol. The molecule has 1 saturated carbocycles. The van der Waals surface area contributed by atoms with Crippen LogP contribution in [0.15, 0.2) is 41.8 Å². The van der Waals surface area contributed by atoms with Gasteiger partial charge in [-0.25, -0.2) is 0 Å². The number of ether oxygens (including phenoxy) is 1. The van der Waals surface area contributed by atoms with Gasteiger partial charge in [0.1, 0.15) is 0 Å². The molecule has 2 aromatic rings. The molecule has 1 aromatic heterocycles. The van der Waals surface area contributed by atoms with Crippen molar-refractivity contribution in [1.29, 1.82) is 0 Å². The lowest BCUT2D eigenvalue weighted by molar-refractivity contribution is 0.124. The van der Waals surface area contributed by atoms with Gasteiger partial charge >= 0.3 is 0 Å². The van der Waals surface area contributed by atoms with Gasteiger partial charge in [-0.2, -0.15) is 0 Å². The van der Waals surface area contributed by atoms with E-state index in [-0.39, 0.29) is 0 Å². The third-order valence-electron chi connectivity index (χ3n) is 3.51. The van der Waals surface area contributed by atoms with Gasteiger partial charge in [0, 0.05) is 23.9 Å². The zero-order valence-corrected chi connectivity index (χ0v) is 12.5. The summed E-state index contributed by atoms with van der Waals surface area (Å²) in [6.45, 7) is 2.49. The number of hydrogen-bond donors (Lipinski definition) is 1. The first kappa shape index (κ1) is 13.8. The lowest BCUT2D eigenvalue weighted by Gasteiger charge is -2.07. The molecule has 3 heteroatoms. The summed E-state index contributed by atoms with van der Waals surface area (Å²) < 4.78 is 5.77. The fraction of sp³-hybridized carbons (Fsp3) is 0.412. The molecule has 0 spiro atoms. The largest absolute Gasteiger partial charge is 0.376 e. The highest BCUT2D eigenvalue weighted by molar-refractivity contribution is 7.09. The summed E-state index contributed by atoms with van der Waals surface area (Å²) in [7, 11) is 0. The van der Waals surface area contributed by atoms with E-state index in [1.165, 1.54) is 28.8 Å². The first-order valence-electron chi connectivity index (χ1n) is 7.31. The normalized spacial score (nSPS) is 14.6. The Bertz CT molecular complexity index is 520. The Morgan fingerprint density at radius 1 is 1.15 bits per heavy atom. The molecule has 106 valence electrons. The molecule has 1 N–H and O–H groups in total. The molecule has 1 heterocycles. The Morgan fingerprint density at radius 2 is 2.05 bits per heavy atom. The zero-order chi connectivity index (χ0) is 13.6.